The molecule has 2 heterocycles. The molecule has 0 saturated carbocycles. The van der Waals surface area contributed by atoms with Crippen molar-refractivity contribution in [3.63, 3.8) is 0 Å². The SMILES string of the molecule is C[C@@H](CO)Nc1nc(NC[C@H]2CCCO2)cc(-c2ccccc2)n1. The predicted octanol–water partition coefficient (Wildman–Crippen LogP) is 2.53. The van der Waals surface area contributed by atoms with Crippen molar-refractivity contribution < 1.29 is 9.84 Å². The Labute approximate surface area is 142 Å². The van der Waals surface area contributed by atoms with Gasteiger partial charge in [-0.2, -0.15) is 4.98 Å². The maximum absolute atomic E-state index is 9.25. The van der Waals surface area contributed by atoms with E-state index in [0.717, 1.165) is 43.1 Å². The zero-order chi connectivity index (χ0) is 16.8. The quantitative estimate of drug-likeness (QED) is 0.725. The van der Waals surface area contributed by atoms with Gasteiger partial charge in [-0.1, -0.05) is 30.3 Å². The second kappa shape index (κ2) is 8.08. The summed E-state index contributed by atoms with van der Waals surface area (Å²) in [6, 6.07) is 11.8. The topological polar surface area (TPSA) is 79.3 Å². The highest BCUT2D eigenvalue weighted by atomic mass is 16.5. The van der Waals surface area contributed by atoms with Crippen molar-refractivity contribution in [2.24, 2.45) is 0 Å². The second-order valence-corrected chi connectivity index (χ2v) is 6.07. The van der Waals surface area contributed by atoms with Crippen LogP contribution in [0.4, 0.5) is 11.8 Å². The minimum Gasteiger partial charge on any atom is -0.394 e. The fourth-order valence-corrected chi connectivity index (χ4v) is 2.65. The van der Waals surface area contributed by atoms with Gasteiger partial charge < -0.3 is 20.5 Å². The van der Waals surface area contributed by atoms with Crippen molar-refractivity contribution in [3.05, 3.63) is 36.4 Å². The summed E-state index contributed by atoms with van der Waals surface area (Å²) in [5.74, 6) is 1.26. The summed E-state index contributed by atoms with van der Waals surface area (Å²) >= 11 is 0. The molecule has 1 fully saturated rings. The Morgan fingerprint density at radius 1 is 1.29 bits per heavy atom. The predicted molar refractivity (Wildman–Crippen MR) is 95.1 cm³/mol. The van der Waals surface area contributed by atoms with Crippen LogP contribution in [0.2, 0.25) is 0 Å². The second-order valence-electron chi connectivity index (χ2n) is 6.07. The highest BCUT2D eigenvalue weighted by molar-refractivity contribution is 5.64. The van der Waals surface area contributed by atoms with Crippen LogP contribution in [-0.2, 0) is 4.74 Å². The number of benzene rings is 1. The summed E-state index contributed by atoms with van der Waals surface area (Å²) in [4.78, 5) is 9.07. The first-order valence-electron chi connectivity index (χ1n) is 8.42. The number of hydrogen-bond donors (Lipinski definition) is 3. The zero-order valence-corrected chi connectivity index (χ0v) is 13.9. The number of nitrogens with zero attached hydrogens (tertiary/aromatic N) is 2. The van der Waals surface area contributed by atoms with E-state index >= 15 is 0 Å². The molecule has 1 aliphatic rings. The van der Waals surface area contributed by atoms with Crippen LogP contribution >= 0.6 is 0 Å². The van der Waals surface area contributed by atoms with Crippen molar-refractivity contribution in [2.75, 3.05) is 30.4 Å². The standard InChI is InChI=1S/C18H24N4O2/c1-13(12-23)20-18-21-16(14-6-3-2-4-7-14)10-17(22-18)19-11-15-8-5-9-24-15/h2-4,6-7,10,13,15,23H,5,8-9,11-12H2,1H3,(H2,19,20,21,22)/t13-,15+/m0/s1. The average Bonchev–Trinajstić information content (AvgIpc) is 3.14. The molecule has 6 heteroatoms. The molecule has 2 atom stereocenters. The number of hydrogen-bond acceptors (Lipinski definition) is 6. The summed E-state index contributed by atoms with van der Waals surface area (Å²) in [5, 5.41) is 15.7. The first-order valence-corrected chi connectivity index (χ1v) is 8.42. The Kier molecular flexibility index (Phi) is 5.61. The van der Waals surface area contributed by atoms with Gasteiger partial charge in [0.2, 0.25) is 5.95 Å². The third-order valence-electron chi connectivity index (χ3n) is 3.98. The van der Waals surface area contributed by atoms with Crippen LogP contribution in [0, 0.1) is 0 Å². The van der Waals surface area contributed by atoms with Crippen molar-refractivity contribution in [3.8, 4) is 11.3 Å². The average molecular weight is 328 g/mol. The van der Waals surface area contributed by atoms with E-state index in [1.54, 1.807) is 0 Å². The number of anilines is 2. The molecule has 0 amide bonds. The molecular weight excluding hydrogens is 304 g/mol. The molecule has 2 aromatic rings. The lowest BCUT2D eigenvalue weighted by Gasteiger charge is -2.15. The molecule has 3 N–H and O–H groups in total. The fraction of sp³-hybridized carbons (Fsp3) is 0.444. The third kappa shape index (κ3) is 4.43. The van der Waals surface area contributed by atoms with Gasteiger partial charge in [0.05, 0.1) is 18.4 Å². The van der Waals surface area contributed by atoms with Crippen LogP contribution in [0.5, 0.6) is 0 Å². The largest absolute Gasteiger partial charge is 0.394 e. The summed E-state index contributed by atoms with van der Waals surface area (Å²) in [5.41, 5.74) is 1.87. The van der Waals surface area contributed by atoms with Gasteiger partial charge in [0.1, 0.15) is 5.82 Å². The molecule has 6 nitrogen and oxygen atoms in total. The Bertz CT molecular complexity index is 645. The monoisotopic (exact) mass is 328 g/mol. The lowest BCUT2D eigenvalue weighted by Crippen LogP contribution is -2.22. The van der Waals surface area contributed by atoms with Crippen LogP contribution < -0.4 is 10.6 Å². The lowest BCUT2D eigenvalue weighted by molar-refractivity contribution is 0.120. The Balaban J connectivity index is 1.81. The van der Waals surface area contributed by atoms with Gasteiger partial charge in [-0.3, -0.25) is 0 Å². The van der Waals surface area contributed by atoms with E-state index in [9.17, 15) is 5.11 Å². The number of aliphatic hydroxyl groups is 1. The molecule has 24 heavy (non-hydrogen) atoms. The maximum Gasteiger partial charge on any atom is 0.225 e. The van der Waals surface area contributed by atoms with Gasteiger partial charge in [0.15, 0.2) is 0 Å². The van der Waals surface area contributed by atoms with Crippen molar-refractivity contribution in [1.82, 2.24) is 9.97 Å². The smallest absolute Gasteiger partial charge is 0.225 e. The van der Waals surface area contributed by atoms with Gasteiger partial charge in [-0.25, -0.2) is 4.98 Å². The highest BCUT2D eigenvalue weighted by Gasteiger charge is 2.16. The number of rotatable bonds is 7. The summed E-state index contributed by atoms with van der Waals surface area (Å²) in [6.07, 6.45) is 2.44. The van der Waals surface area contributed by atoms with Gasteiger partial charge >= 0.3 is 0 Å². The van der Waals surface area contributed by atoms with E-state index in [1.807, 2.05) is 43.3 Å². The van der Waals surface area contributed by atoms with Gasteiger partial charge in [0, 0.05) is 30.8 Å². The Morgan fingerprint density at radius 3 is 2.83 bits per heavy atom. The minimum absolute atomic E-state index is 0.0254. The van der Waals surface area contributed by atoms with Crippen LogP contribution in [0.15, 0.2) is 36.4 Å². The number of aliphatic hydroxyl groups excluding tert-OH is 1. The molecule has 0 spiro atoms. The Hall–Kier alpha value is -2.18. The molecule has 1 aromatic heterocycles. The van der Waals surface area contributed by atoms with E-state index in [0.29, 0.717) is 5.95 Å². The van der Waals surface area contributed by atoms with Crippen molar-refractivity contribution >= 4 is 11.8 Å². The molecule has 0 radical (unpaired) electrons. The molecule has 1 aliphatic heterocycles. The van der Waals surface area contributed by atoms with Crippen molar-refractivity contribution in [2.45, 2.75) is 31.9 Å². The minimum atomic E-state index is -0.109. The van der Waals surface area contributed by atoms with E-state index < -0.39 is 0 Å². The number of ether oxygens (including phenoxy) is 1. The normalized spacial score (nSPS) is 18.3. The maximum atomic E-state index is 9.25. The highest BCUT2D eigenvalue weighted by Crippen LogP contribution is 2.22. The first-order chi connectivity index (χ1) is 11.7. The van der Waals surface area contributed by atoms with E-state index in [2.05, 4.69) is 20.6 Å². The fourth-order valence-electron chi connectivity index (χ4n) is 2.65. The van der Waals surface area contributed by atoms with Crippen LogP contribution in [0.3, 0.4) is 0 Å². The molecule has 1 aromatic carbocycles. The van der Waals surface area contributed by atoms with E-state index in [1.165, 1.54) is 0 Å². The first kappa shape index (κ1) is 16.7. The van der Waals surface area contributed by atoms with Crippen LogP contribution in [-0.4, -0.2) is 47.0 Å². The van der Waals surface area contributed by atoms with E-state index in [4.69, 9.17) is 4.74 Å². The van der Waals surface area contributed by atoms with Gasteiger partial charge in [0.25, 0.3) is 0 Å². The molecule has 0 aliphatic carbocycles. The van der Waals surface area contributed by atoms with Gasteiger partial charge in [-0.15, -0.1) is 0 Å². The molecule has 1 saturated heterocycles. The summed E-state index contributed by atoms with van der Waals surface area (Å²) < 4.78 is 5.65. The van der Waals surface area contributed by atoms with Crippen molar-refractivity contribution in [1.29, 1.82) is 0 Å². The third-order valence-corrected chi connectivity index (χ3v) is 3.98. The summed E-state index contributed by atoms with van der Waals surface area (Å²) in [6.45, 7) is 3.49. The van der Waals surface area contributed by atoms with Crippen LogP contribution in [0.1, 0.15) is 19.8 Å². The molecule has 0 bridgehead atoms. The Morgan fingerprint density at radius 2 is 2.12 bits per heavy atom. The molecule has 128 valence electrons. The summed E-state index contributed by atoms with van der Waals surface area (Å²) in [7, 11) is 0. The van der Waals surface area contributed by atoms with Crippen LogP contribution in [0.25, 0.3) is 11.3 Å². The number of nitrogens with one attached hydrogen (secondary N) is 2. The lowest BCUT2D eigenvalue weighted by atomic mass is 10.1. The molecular formula is C18H24N4O2. The number of aromatic nitrogens is 2. The zero-order valence-electron chi connectivity index (χ0n) is 13.9. The molecule has 0 unspecified atom stereocenters. The molecule has 3 rings (SSSR count). The van der Waals surface area contributed by atoms with E-state index in [-0.39, 0.29) is 18.8 Å². The van der Waals surface area contributed by atoms with Gasteiger partial charge in [-0.05, 0) is 19.8 Å².